The molecule has 1 heterocycles. The largest absolute Gasteiger partial charge is 0.350 e. The Balaban J connectivity index is 2.14. The lowest BCUT2D eigenvalue weighted by atomic mass is 10.0. The van der Waals surface area contributed by atoms with Gasteiger partial charge in [-0.1, -0.05) is 24.5 Å². The predicted octanol–water partition coefficient (Wildman–Crippen LogP) is 4.01. The van der Waals surface area contributed by atoms with Gasteiger partial charge in [0, 0.05) is 12.8 Å². The topological polar surface area (TPSA) is 35.5 Å². The molecular formula is C16H28O3. The van der Waals surface area contributed by atoms with Crippen LogP contribution in [0.5, 0.6) is 0 Å². The summed E-state index contributed by atoms with van der Waals surface area (Å²) in [5.74, 6) is 0. The van der Waals surface area contributed by atoms with E-state index in [-0.39, 0.29) is 18.5 Å². The van der Waals surface area contributed by atoms with Crippen LogP contribution >= 0.6 is 0 Å². The number of rotatable bonds is 8. The lowest BCUT2D eigenvalue weighted by molar-refractivity contribution is -0.234. The molecule has 0 unspecified atom stereocenters. The lowest BCUT2D eigenvalue weighted by Crippen LogP contribution is -2.36. The first-order valence-electron chi connectivity index (χ1n) is 7.49. The fraction of sp³-hybridized carbons (Fsp3) is 0.812. The van der Waals surface area contributed by atoms with Gasteiger partial charge in [-0.25, -0.2) is 0 Å². The van der Waals surface area contributed by atoms with E-state index in [0.29, 0.717) is 6.42 Å². The van der Waals surface area contributed by atoms with Crippen LogP contribution in [0, 0.1) is 0 Å². The minimum absolute atomic E-state index is 0.0527. The number of aldehydes is 1. The summed E-state index contributed by atoms with van der Waals surface area (Å²) in [6, 6.07) is 0. The van der Waals surface area contributed by atoms with E-state index in [1.165, 1.54) is 31.3 Å². The Labute approximate surface area is 117 Å². The fourth-order valence-electron chi connectivity index (χ4n) is 2.51. The zero-order chi connectivity index (χ0) is 14.1. The molecule has 0 bridgehead atoms. The van der Waals surface area contributed by atoms with E-state index in [1.54, 1.807) is 0 Å². The van der Waals surface area contributed by atoms with E-state index in [9.17, 15) is 4.79 Å². The van der Waals surface area contributed by atoms with Crippen molar-refractivity contribution in [1.29, 1.82) is 0 Å². The zero-order valence-corrected chi connectivity index (χ0v) is 12.6. The second-order valence-electron chi connectivity index (χ2n) is 5.64. The summed E-state index contributed by atoms with van der Waals surface area (Å²) in [4.78, 5) is 10.5. The van der Waals surface area contributed by atoms with Crippen LogP contribution in [0.4, 0.5) is 0 Å². The third-order valence-electron chi connectivity index (χ3n) is 3.44. The summed E-state index contributed by atoms with van der Waals surface area (Å²) in [6.07, 6.45) is 10.7. The van der Waals surface area contributed by atoms with Gasteiger partial charge < -0.3 is 14.3 Å². The predicted molar refractivity (Wildman–Crippen MR) is 77.0 cm³/mol. The van der Waals surface area contributed by atoms with Gasteiger partial charge in [0.1, 0.15) is 6.29 Å². The van der Waals surface area contributed by atoms with Gasteiger partial charge in [-0.3, -0.25) is 0 Å². The number of allylic oxidation sites excluding steroid dienone is 2. The maximum absolute atomic E-state index is 10.5. The fourth-order valence-corrected chi connectivity index (χ4v) is 2.51. The molecule has 0 saturated carbocycles. The molecule has 3 nitrogen and oxygen atoms in total. The summed E-state index contributed by atoms with van der Waals surface area (Å²) in [7, 11) is 0. The Kier molecular flexibility index (Phi) is 7.99. The molecule has 0 spiro atoms. The second-order valence-corrected chi connectivity index (χ2v) is 5.64. The van der Waals surface area contributed by atoms with Gasteiger partial charge in [0.05, 0.1) is 12.2 Å². The lowest BCUT2D eigenvalue weighted by Gasteiger charge is -2.33. The molecule has 0 radical (unpaired) electrons. The van der Waals surface area contributed by atoms with Crippen molar-refractivity contribution in [2.45, 2.75) is 84.2 Å². The quantitative estimate of drug-likeness (QED) is 0.379. The van der Waals surface area contributed by atoms with Crippen LogP contribution < -0.4 is 0 Å². The number of hydrogen-bond donors (Lipinski definition) is 0. The van der Waals surface area contributed by atoms with Crippen LogP contribution in [0.25, 0.3) is 0 Å². The standard InChI is InChI=1S/C16H28O3/c1-13(2)8-6-4-5-7-9-15-12-16(10-11-17)19-14(3)18-15/h8,11,14-16H,4-7,9-10,12H2,1-3H3/t14-,15+,16-/m0/s1. The summed E-state index contributed by atoms with van der Waals surface area (Å²) < 4.78 is 11.3. The van der Waals surface area contributed by atoms with Crippen molar-refractivity contribution in [3.8, 4) is 0 Å². The minimum atomic E-state index is -0.172. The van der Waals surface area contributed by atoms with Gasteiger partial charge in [0.25, 0.3) is 0 Å². The minimum Gasteiger partial charge on any atom is -0.350 e. The van der Waals surface area contributed by atoms with Crippen LogP contribution in [-0.4, -0.2) is 24.8 Å². The molecule has 3 heteroatoms. The van der Waals surface area contributed by atoms with Crippen LogP contribution in [-0.2, 0) is 14.3 Å². The number of unbranched alkanes of at least 4 members (excludes halogenated alkanes) is 3. The molecular weight excluding hydrogens is 240 g/mol. The van der Waals surface area contributed by atoms with Crippen LogP contribution in [0.2, 0.25) is 0 Å². The first kappa shape index (κ1) is 16.4. The normalized spacial score (nSPS) is 27.0. The number of carbonyl (C=O) groups excluding carboxylic acids is 1. The molecule has 0 aliphatic carbocycles. The Morgan fingerprint density at radius 3 is 2.58 bits per heavy atom. The van der Waals surface area contributed by atoms with E-state index in [0.717, 1.165) is 19.1 Å². The van der Waals surface area contributed by atoms with Gasteiger partial charge >= 0.3 is 0 Å². The summed E-state index contributed by atoms with van der Waals surface area (Å²) >= 11 is 0. The molecule has 19 heavy (non-hydrogen) atoms. The molecule has 0 N–H and O–H groups in total. The average molecular weight is 268 g/mol. The average Bonchev–Trinajstić information content (AvgIpc) is 2.33. The summed E-state index contributed by atoms with van der Waals surface area (Å²) in [5.41, 5.74) is 1.40. The van der Waals surface area contributed by atoms with Gasteiger partial charge in [0.2, 0.25) is 0 Å². The van der Waals surface area contributed by atoms with Gasteiger partial charge in [-0.05, 0) is 40.0 Å². The summed E-state index contributed by atoms with van der Waals surface area (Å²) in [6.45, 7) is 6.20. The van der Waals surface area contributed by atoms with Crippen molar-refractivity contribution in [2.24, 2.45) is 0 Å². The third kappa shape index (κ3) is 7.48. The highest BCUT2D eigenvalue weighted by Gasteiger charge is 2.26. The van der Waals surface area contributed by atoms with Crippen molar-refractivity contribution < 1.29 is 14.3 Å². The molecule has 0 aromatic heterocycles. The van der Waals surface area contributed by atoms with Crippen LogP contribution in [0.15, 0.2) is 11.6 Å². The number of hydrogen-bond acceptors (Lipinski definition) is 3. The van der Waals surface area contributed by atoms with Crippen LogP contribution in [0.1, 0.15) is 65.7 Å². The second kappa shape index (κ2) is 9.27. The summed E-state index contributed by atoms with van der Waals surface area (Å²) in [5, 5.41) is 0. The smallest absolute Gasteiger partial charge is 0.155 e. The SMILES string of the molecule is CC(C)=CCCCCC[C@@H]1C[C@H](CC=O)O[C@@H](C)O1. The van der Waals surface area contributed by atoms with Gasteiger partial charge in [-0.2, -0.15) is 0 Å². The monoisotopic (exact) mass is 268 g/mol. The maximum Gasteiger partial charge on any atom is 0.155 e. The van der Waals surface area contributed by atoms with E-state index >= 15 is 0 Å². The van der Waals surface area contributed by atoms with Crippen molar-refractivity contribution in [3.63, 3.8) is 0 Å². The van der Waals surface area contributed by atoms with Gasteiger partial charge in [0.15, 0.2) is 6.29 Å². The van der Waals surface area contributed by atoms with Crippen molar-refractivity contribution in [2.75, 3.05) is 0 Å². The molecule has 1 aliphatic heterocycles. The Hall–Kier alpha value is -0.670. The molecule has 1 saturated heterocycles. The van der Waals surface area contributed by atoms with E-state index in [2.05, 4.69) is 19.9 Å². The van der Waals surface area contributed by atoms with Crippen molar-refractivity contribution in [3.05, 3.63) is 11.6 Å². The molecule has 110 valence electrons. The number of ether oxygens (including phenoxy) is 2. The maximum atomic E-state index is 10.5. The molecule has 1 fully saturated rings. The molecule has 1 aliphatic rings. The third-order valence-corrected chi connectivity index (χ3v) is 3.44. The van der Waals surface area contributed by atoms with E-state index in [1.807, 2.05) is 6.92 Å². The highest BCUT2D eigenvalue weighted by molar-refractivity contribution is 5.50. The first-order valence-corrected chi connectivity index (χ1v) is 7.49. The van der Waals surface area contributed by atoms with Crippen LogP contribution in [0.3, 0.4) is 0 Å². The Bertz CT molecular complexity index is 282. The molecule has 0 aromatic rings. The first-order chi connectivity index (χ1) is 9.11. The molecule has 0 amide bonds. The number of carbonyl (C=O) groups is 1. The Morgan fingerprint density at radius 2 is 1.89 bits per heavy atom. The highest BCUT2D eigenvalue weighted by atomic mass is 16.7. The molecule has 3 atom stereocenters. The van der Waals surface area contributed by atoms with Crippen molar-refractivity contribution in [1.82, 2.24) is 0 Å². The van der Waals surface area contributed by atoms with E-state index in [4.69, 9.17) is 9.47 Å². The highest BCUT2D eigenvalue weighted by Crippen LogP contribution is 2.23. The molecule has 1 rings (SSSR count). The zero-order valence-electron chi connectivity index (χ0n) is 12.6. The van der Waals surface area contributed by atoms with Crippen molar-refractivity contribution >= 4 is 6.29 Å². The Morgan fingerprint density at radius 1 is 1.16 bits per heavy atom. The van der Waals surface area contributed by atoms with Gasteiger partial charge in [-0.15, -0.1) is 0 Å². The molecule has 0 aromatic carbocycles. The van der Waals surface area contributed by atoms with E-state index < -0.39 is 0 Å².